The minimum atomic E-state index is 0.274. The van der Waals surface area contributed by atoms with E-state index in [-0.39, 0.29) is 6.04 Å². The molecule has 0 spiro atoms. The summed E-state index contributed by atoms with van der Waals surface area (Å²) < 4.78 is 5.56. The number of hydrogen-bond acceptors (Lipinski definition) is 4. The molecule has 4 nitrogen and oxygen atoms in total. The average molecular weight is 203 g/mol. The van der Waals surface area contributed by atoms with Gasteiger partial charge in [-0.15, -0.1) is 0 Å². The Morgan fingerprint density at radius 3 is 3.20 bits per heavy atom. The Bertz CT molecular complexity index is 397. The fourth-order valence-corrected chi connectivity index (χ4v) is 1.64. The molecule has 0 bridgehead atoms. The van der Waals surface area contributed by atoms with Crippen molar-refractivity contribution >= 4 is 5.69 Å². The van der Waals surface area contributed by atoms with Crippen molar-refractivity contribution in [3.8, 4) is 11.8 Å². The molecule has 1 aliphatic rings. The maximum Gasteiger partial charge on any atom is 0.143 e. The van der Waals surface area contributed by atoms with E-state index in [1.807, 2.05) is 6.07 Å². The molecule has 1 heterocycles. The fourth-order valence-electron chi connectivity index (χ4n) is 1.64. The SMILES string of the molecule is N#Cc1ccc2c(c1)OCC(CCN)N2. The number of hydrogen-bond donors (Lipinski definition) is 2. The summed E-state index contributed by atoms with van der Waals surface area (Å²) in [5.41, 5.74) is 7.05. The van der Waals surface area contributed by atoms with E-state index in [4.69, 9.17) is 15.7 Å². The molecule has 1 aromatic carbocycles. The molecule has 1 unspecified atom stereocenters. The molecule has 3 N–H and O–H groups in total. The third-order valence-electron chi connectivity index (χ3n) is 2.43. The van der Waals surface area contributed by atoms with Gasteiger partial charge in [0.25, 0.3) is 0 Å². The smallest absolute Gasteiger partial charge is 0.143 e. The van der Waals surface area contributed by atoms with Crippen LogP contribution in [0.15, 0.2) is 18.2 Å². The fraction of sp³-hybridized carbons (Fsp3) is 0.364. The van der Waals surface area contributed by atoms with Crippen LogP contribution in [0.1, 0.15) is 12.0 Å². The van der Waals surface area contributed by atoms with Crippen LogP contribution >= 0.6 is 0 Å². The number of nitriles is 1. The van der Waals surface area contributed by atoms with E-state index < -0.39 is 0 Å². The zero-order chi connectivity index (χ0) is 10.7. The van der Waals surface area contributed by atoms with Crippen LogP contribution in [0.5, 0.6) is 5.75 Å². The van der Waals surface area contributed by atoms with Crippen LogP contribution in [0.2, 0.25) is 0 Å². The molecule has 0 saturated heterocycles. The maximum absolute atomic E-state index is 8.73. The minimum absolute atomic E-state index is 0.274. The van der Waals surface area contributed by atoms with Gasteiger partial charge >= 0.3 is 0 Å². The van der Waals surface area contributed by atoms with Gasteiger partial charge < -0.3 is 15.8 Å². The minimum Gasteiger partial charge on any atom is -0.489 e. The Morgan fingerprint density at radius 2 is 2.47 bits per heavy atom. The molecule has 15 heavy (non-hydrogen) atoms. The van der Waals surface area contributed by atoms with Crippen LogP contribution in [0.25, 0.3) is 0 Å². The van der Waals surface area contributed by atoms with Gasteiger partial charge in [0, 0.05) is 6.07 Å². The lowest BCUT2D eigenvalue weighted by atomic mass is 10.1. The topological polar surface area (TPSA) is 71.1 Å². The predicted molar refractivity (Wildman–Crippen MR) is 57.7 cm³/mol. The van der Waals surface area contributed by atoms with Gasteiger partial charge in [0.1, 0.15) is 12.4 Å². The predicted octanol–water partition coefficient (Wildman–Crippen LogP) is 1.08. The van der Waals surface area contributed by atoms with E-state index in [9.17, 15) is 0 Å². The molecule has 0 saturated carbocycles. The van der Waals surface area contributed by atoms with Gasteiger partial charge in [-0.1, -0.05) is 0 Å². The first-order valence-electron chi connectivity index (χ1n) is 4.97. The molecule has 2 rings (SSSR count). The number of fused-ring (bicyclic) bond motifs is 1. The largest absolute Gasteiger partial charge is 0.489 e. The third kappa shape index (κ3) is 2.03. The summed E-state index contributed by atoms with van der Waals surface area (Å²) >= 11 is 0. The lowest BCUT2D eigenvalue weighted by Gasteiger charge is -2.27. The molecule has 0 aliphatic carbocycles. The molecule has 4 heteroatoms. The zero-order valence-electron chi connectivity index (χ0n) is 8.36. The lowest BCUT2D eigenvalue weighted by molar-refractivity contribution is 0.279. The van der Waals surface area contributed by atoms with E-state index in [2.05, 4.69) is 11.4 Å². The van der Waals surface area contributed by atoms with Crippen molar-refractivity contribution in [1.82, 2.24) is 0 Å². The molecular weight excluding hydrogens is 190 g/mol. The first-order chi connectivity index (χ1) is 7.33. The van der Waals surface area contributed by atoms with Gasteiger partial charge in [-0.25, -0.2) is 0 Å². The Kier molecular flexibility index (Phi) is 2.75. The Balaban J connectivity index is 2.18. The highest BCUT2D eigenvalue weighted by Crippen LogP contribution is 2.30. The molecule has 1 atom stereocenters. The van der Waals surface area contributed by atoms with Crippen LogP contribution in [0.3, 0.4) is 0 Å². The Labute approximate surface area is 88.6 Å². The van der Waals surface area contributed by atoms with Crippen molar-refractivity contribution in [2.24, 2.45) is 5.73 Å². The second-order valence-electron chi connectivity index (χ2n) is 3.55. The quantitative estimate of drug-likeness (QED) is 0.754. The molecule has 0 aromatic heterocycles. The standard InChI is InChI=1S/C11H13N3O/c12-4-3-9-7-15-11-5-8(6-13)1-2-10(11)14-9/h1-2,5,9,14H,3-4,7,12H2. The van der Waals surface area contributed by atoms with Gasteiger partial charge in [0.15, 0.2) is 0 Å². The summed E-state index contributed by atoms with van der Waals surface area (Å²) in [5, 5.41) is 12.1. The zero-order valence-corrected chi connectivity index (χ0v) is 8.36. The van der Waals surface area contributed by atoms with Crippen LogP contribution in [-0.4, -0.2) is 19.2 Å². The number of nitrogens with two attached hydrogens (primary N) is 1. The van der Waals surface area contributed by atoms with Crippen molar-refractivity contribution in [3.63, 3.8) is 0 Å². The van der Waals surface area contributed by atoms with Gasteiger partial charge in [-0.3, -0.25) is 0 Å². The molecule has 0 amide bonds. The van der Waals surface area contributed by atoms with Crippen LogP contribution in [0, 0.1) is 11.3 Å². The lowest BCUT2D eigenvalue weighted by Crippen LogP contribution is -2.33. The summed E-state index contributed by atoms with van der Waals surface area (Å²) in [4.78, 5) is 0. The highest BCUT2D eigenvalue weighted by Gasteiger charge is 2.18. The van der Waals surface area contributed by atoms with E-state index in [1.165, 1.54) is 0 Å². The molecule has 0 radical (unpaired) electrons. The molecule has 1 aliphatic heterocycles. The second-order valence-corrected chi connectivity index (χ2v) is 3.55. The van der Waals surface area contributed by atoms with Crippen molar-refractivity contribution < 1.29 is 4.74 Å². The van der Waals surface area contributed by atoms with E-state index in [1.54, 1.807) is 12.1 Å². The summed E-state index contributed by atoms with van der Waals surface area (Å²) in [6.07, 6.45) is 0.888. The van der Waals surface area contributed by atoms with E-state index >= 15 is 0 Å². The van der Waals surface area contributed by atoms with Crippen molar-refractivity contribution in [3.05, 3.63) is 23.8 Å². The number of benzene rings is 1. The van der Waals surface area contributed by atoms with E-state index in [0.717, 1.165) is 17.9 Å². The van der Waals surface area contributed by atoms with E-state index in [0.29, 0.717) is 18.7 Å². The van der Waals surface area contributed by atoms with Gasteiger partial charge in [-0.05, 0) is 25.1 Å². The van der Waals surface area contributed by atoms with Gasteiger partial charge in [-0.2, -0.15) is 5.26 Å². The van der Waals surface area contributed by atoms with Crippen molar-refractivity contribution in [2.75, 3.05) is 18.5 Å². The van der Waals surface area contributed by atoms with Gasteiger partial charge in [0.2, 0.25) is 0 Å². The van der Waals surface area contributed by atoms with Crippen LogP contribution in [0.4, 0.5) is 5.69 Å². The van der Waals surface area contributed by atoms with Crippen molar-refractivity contribution in [1.29, 1.82) is 5.26 Å². The average Bonchev–Trinajstić information content (AvgIpc) is 2.29. The van der Waals surface area contributed by atoms with Crippen LogP contribution in [-0.2, 0) is 0 Å². The Morgan fingerprint density at radius 1 is 1.60 bits per heavy atom. The highest BCUT2D eigenvalue weighted by atomic mass is 16.5. The number of nitrogens with one attached hydrogen (secondary N) is 1. The molecule has 0 fully saturated rings. The third-order valence-corrected chi connectivity index (χ3v) is 2.43. The number of rotatable bonds is 2. The number of nitrogens with zero attached hydrogens (tertiary/aromatic N) is 1. The highest BCUT2D eigenvalue weighted by molar-refractivity contribution is 5.61. The molecule has 78 valence electrons. The number of ether oxygens (including phenoxy) is 1. The summed E-state index contributed by atoms with van der Waals surface area (Å²) in [6, 6.07) is 7.76. The monoisotopic (exact) mass is 203 g/mol. The number of anilines is 1. The van der Waals surface area contributed by atoms with Gasteiger partial charge in [0.05, 0.1) is 23.4 Å². The normalized spacial score (nSPS) is 18.3. The molecular formula is C11H13N3O. The summed E-state index contributed by atoms with van der Waals surface area (Å²) in [5.74, 6) is 0.752. The first kappa shape index (κ1) is 9.81. The van der Waals surface area contributed by atoms with Crippen LogP contribution < -0.4 is 15.8 Å². The summed E-state index contributed by atoms with van der Waals surface area (Å²) in [7, 11) is 0. The first-order valence-corrected chi connectivity index (χ1v) is 4.97. The summed E-state index contributed by atoms with van der Waals surface area (Å²) in [6.45, 7) is 1.26. The van der Waals surface area contributed by atoms with Crippen molar-refractivity contribution in [2.45, 2.75) is 12.5 Å². The maximum atomic E-state index is 8.73. The molecule has 1 aromatic rings. The second kappa shape index (κ2) is 4.20. The Hall–Kier alpha value is -1.73.